The second-order valence-electron chi connectivity index (χ2n) is 2.59. The van der Waals surface area contributed by atoms with Gasteiger partial charge in [-0.25, -0.2) is 4.98 Å². The molecule has 1 rings (SSSR count). The molecule has 0 bridgehead atoms. The molecule has 1 aromatic rings. The number of hydrogen-bond acceptors (Lipinski definition) is 4. The molecule has 0 amide bonds. The lowest BCUT2D eigenvalue weighted by atomic mass is 10.4. The molecule has 0 radical (unpaired) electrons. The molecule has 1 N–H and O–H groups in total. The van der Waals surface area contributed by atoms with E-state index in [4.69, 9.17) is 0 Å². The Morgan fingerprint density at radius 2 is 2.33 bits per heavy atom. The maximum Gasteiger partial charge on any atom is 0.268 e. The van der Waals surface area contributed by atoms with E-state index in [2.05, 4.69) is 14.7 Å². The molecule has 0 spiro atoms. The molecule has 5 heteroatoms. The van der Waals surface area contributed by atoms with Crippen LogP contribution in [0.2, 0.25) is 0 Å². The summed E-state index contributed by atoms with van der Waals surface area (Å²) in [5.74, 6) is 0. The Morgan fingerprint density at radius 3 is 2.83 bits per heavy atom. The highest BCUT2D eigenvalue weighted by Gasteiger charge is 2.12. The van der Waals surface area contributed by atoms with Crippen LogP contribution >= 0.6 is 0 Å². The van der Waals surface area contributed by atoms with Crippen LogP contribution in [0.3, 0.4) is 0 Å². The highest BCUT2D eigenvalue weighted by molar-refractivity contribution is 7.89. The van der Waals surface area contributed by atoms with E-state index in [0.717, 1.165) is 0 Å². The smallest absolute Gasteiger partial charge is 0.268 e. The topological polar surface area (TPSA) is 60.9 Å². The predicted molar refractivity (Wildman–Crippen MR) is 46.7 cm³/mol. The van der Waals surface area contributed by atoms with E-state index in [1.54, 1.807) is 12.3 Å². The van der Waals surface area contributed by atoms with E-state index >= 15 is 0 Å². The molecule has 0 aliphatic carbocycles. The van der Waals surface area contributed by atoms with Gasteiger partial charge in [0.1, 0.15) is 6.33 Å². The van der Waals surface area contributed by atoms with Crippen molar-refractivity contribution in [3.05, 3.63) is 18.6 Å². The quantitative estimate of drug-likeness (QED) is 0.550. The van der Waals surface area contributed by atoms with E-state index in [9.17, 15) is 4.55 Å². The lowest BCUT2D eigenvalue weighted by Gasteiger charge is -2.10. The van der Waals surface area contributed by atoms with Gasteiger partial charge in [-0.2, -0.15) is 4.98 Å². The average Bonchev–Trinajstić information content (AvgIpc) is 2.05. The van der Waals surface area contributed by atoms with Gasteiger partial charge in [0.25, 0.3) is 5.03 Å². The van der Waals surface area contributed by atoms with E-state index < -0.39 is 11.4 Å². The van der Waals surface area contributed by atoms with E-state index in [1.165, 1.54) is 6.33 Å². The molecule has 0 saturated heterocycles. The molecule has 0 aliphatic heterocycles. The first kappa shape index (κ1) is 9.44. The molecule has 0 aliphatic rings. The Kier molecular flexibility index (Phi) is 3.46. The van der Waals surface area contributed by atoms with Crippen molar-refractivity contribution in [1.82, 2.24) is 14.7 Å². The Morgan fingerprint density at radius 1 is 1.58 bits per heavy atom. The standard InChI is InChI=1S/C7H11N3OS/c1-6(2)10-12(11)7-3-4-8-5-9-7/h3-6,10H,1-2H3. The minimum Gasteiger partial charge on any atom is -0.592 e. The molecule has 0 fully saturated rings. The summed E-state index contributed by atoms with van der Waals surface area (Å²) >= 11 is -1.21. The fraction of sp³-hybridized carbons (Fsp3) is 0.429. The third-order valence-corrected chi connectivity index (χ3v) is 2.39. The van der Waals surface area contributed by atoms with Crippen molar-refractivity contribution in [2.45, 2.75) is 24.9 Å². The van der Waals surface area contributed by atoms with E-state index in [0.29, 0.717) is 5.03 Å². The highest BCUT2D eigenvalue weighted by Crippen LogP contribution is 2.02. The number of nitrogens with one attached hydrogen (secondary N) is 1. The molecule has 1 unspecified atom stereocenters. The van der Waals surface area contributed by atoms with Crippen LogP contribution in [0.1, 0.15) is 13.8 Å². The first-order valence-electron chi connectivity index (χ1n) is 3.64. The minimum absolute atomic E-state index is 0.181. The molecule has 4 nitrogen and oxygen atoms in total. The molecule has 0 aromatic carbocycles. The van der Waals surface area contributed by atoms with Crippen LogP contribution in [0.4, 0.5) is 0 Å². The van der Waals surface area contributed by atoms with Crippen LogP contribution in [0.15, 0.2) is 23.6 Å². The number of rotatable bonds is 3. The van der Waals surface area contributed by atoms with Gasteiger partial charge in [-0.05, 0) is 13.8 Å². The van der Waals surface area contributed by atoms with E-state index in [-0.39, 0.29) is 6.04 Å². The van der Waals surface area contributed by atoms with Gasteiger partial charge in [0.05, 0.1) is 11.4 Å². The largest absolute Gasteiger partial charge is 0.592 e. The monoisotopic (exact) mass is 185 g/mol. The van der Waals surface area contributed by atoms with E-state index in [1.807, 2.05) is 13.8 Å². The van der Waals surface area contributed by atoms with Crippen LogP contribution < -0.4 is 4.72 Å². The average molecular weight is 185 g/mol. The number of aromatic nitrogens is 2. The summed E-state index contributed by atoms with van der Waals surface area (Å²) in [6.07, 6.45) is 2.96. The van der Waals surface area contributed by atoms with Gasteiger partial charge in [-0.1, -0.05) is 0 Å². The Balaban J connectivity index is 2.59. The lowest BCUT2D eigenvalue weighted by molar-refractivity contribution is 0.564. The van der Waals surface area contributed by atoms with Crippen molar-refractivity contribution in [3.63, 3.8) is 0 Å². The molecule has 1 atom stereocenters. The van der Waals surface area contributed by atoms with Crippen LogP contribution in [-0.2, 0) is 11.4 Å². The lowest BCUT2D eigenvalue weighted by Crippen LogP contribution is -2.30. The Bertz CT molecular complexity index is 229. The van der Waals surface area contributed by atoms with Crippen molar-refractivity contribution < 1.29 is 4.55 Å². The predicted octanol–water partition coefficient (Wildman–Crippen LogP) is 0.497. The highest BCUT2D eigenvalue weighted by atomic mass is 32.2. The summed E-state index contributed by atoms with van der Waals surface area (Å²) < 4.78 is 14.2. The summed E-state index contributed by atoms with van der Waals surface area (Å²) in [7, 11) is 0. The zero-order valence-corrected chi connectivity index (χ0v) is 7.84. The molecule has 12 heavy (non-hydrogen) atoms. The van der Waals surface area contributed by atoms with Gasteiger partial charge in [0.15, 0.2) is 0 Å². The third kappa shape index (κ3) is 2.77. The molecule has 66 valence electrons. The summed E-state index contributed by atoms with van der Waals surface area (Å²) in [6, 6.07) is 1.81. The number of hydrogen-bond donors (Lipinski definition) is 1. The summed E-state index contributed by atoms with van der Waals surface area (Å²) in [4.78, 5) is 7.59. The summed E-state index contributed by atoms with van der Waals surface area (Å²) in [5.41, 5.74) is 0. The second-order valence-corrected chi connectivity index (χ2v) is 3.78. The number of nitrogens with zero attached hydrogens (tertiary/aromatic N) is 2. The molecular formula is C7H11N3OS. The van der Waals surface area contributed by atoms with Gasteiger partial charge in [0.2, 0.25) is 0 Å². The zero-order valence-electron chi connectivity index (χ0n) is 7.02. The van der Waals surface area contributed by atoms with Gasteiger partial charge in [-0.15, -0.1) is 4.72 Å². The van der Waals surface area contributed by atoms with Crippen molar-refractivity contribution >= 4 is 11.4 Å². The van der Waals surface area contributed by atoms with Crippen molar-refractivity contribution in [2.75, 3.05) is 0 Å². The van der Waals surface area contributed by atoms with Crippen LogP contribution in [0.25, 0.3) is 0 Å². The van der Waals surface area contributed by atoms with Gasteiger partial charge in [-0.3, -0.25) is 0 Å². The maximum atomic E-state index is 11.4. The Labute approximate surface area is 74.7 Å². The van der Waals surface area contributed by atoms with Gasteiger partial charge in [0, 0.05) is 18.3 Å². The summed E-state index contributed by atoms with van der Waals surface area (Å²) in [5, 5.41) is 0.513. The minimum atomic E-state index is -1.21. The fourth-order valence-electron chi connectivity index (χ4n) is 0.663. The first-order valence-corrected chi connectivity index (χ1v) is 4.79. The molecular weight excluding hydrogens is 174 g/mol. The normalized spacial score (nSPS) is 13.3. The Hall–Kier alpha value is -0.650. The maximum absolute atomic E-state index is 11.4. The second kappa shape index (κ2) is 4.39. The van der Waals surface area contributed by atoms with Gasteiger partial charge < -0.3 is 4.55 Å². The van der Waals surface area contributed by atoms with Crippen molar-refractivity contribution in [1.29, 1.82) is 0 Å². The zero-order chi connectivity index (χ0) is 8.97. The first-order chi connectivity index (χ1) is 5.70. The third-order valence-electron chi connectivity index (χ3n) is 1.09. The SMILES string of the molecule is CC(C)N[S+]([O-])c1ccncn1. The van der Waals surface area contributed by atoms with Crippen molar-refractivity contribution in [2.24, 2.45) is 0 Å². The van der Waals surface area contributed by atoms with Crippen LogP contribution in [-0.4, -0.2) is 20.6 Å². The van der Waals surface area contributed by atoms with Crippen LogP contribution in [0, 0.1) is 0 Å². The van der Waals surface area contributed by atoms with Gasteiger partial charge >= 0.3 is 0 Å². The molecule has 1 heterocycles. The summed E-state index contributed by atoms with van der Waals surface area (Å²) in [6.45, 7) is 3.86. The fourth-order valence-corrected chi connectivity index (χ4v) is 1.54. The van der Waals surface area contributed by atoms with Crippen LogP contribution in [0.5, 0.6) is 0 Å². The molecule has 1 aromatic heterocycles. The van der Waals surface area contributed by atoms with Crippen molar-refractivity contribution in [3.8, 4) is 0 Å². The molecule has 0 saturated carbocycles.